The Labute approximate surface area is 123 Å². The van der Waals surface area contributed by atoms with Gasteiger partial charge in [-0.15, -0.1) is 0 Å². The first-order chi connectivity index (χ1) is 8.70. The van der Waals surface area contributed by atoms with Gasteiger partial charge >= 0.3 is 0 Å². The summed E-state index contributed by atoms with van der Waals surface area (Å²) in [7, 11) is 0. The van der Waals surface area contributed by atoms with E-state index < -0.39 is 0 Å². The van der Waals surface area contributed by atoms with Gasteiger partial charge in [0.2, 0.25) is 5.91 Å². The van der Waals surface area contributed by atoms with Gasteiger partial charge in [0, 0.05) is 19.8 Å². The summed E-state index contributed by atoms with van der Waals surface area (Å²) < 4.78 is 16.6. The third-order valence-corrected chi connectivity index (χ3v) is 2.87. The van der Waals surface area contributed by atoms with Crippen molar-refractivity contribution >= 4 is 28.5 Å². The molecular weight excluding hydrogens is 349 g/mol. The molecule has 1 N–H and O–H groups in total. The zero-order valence-corrected chi connectivity index (χ0v) is 13.4. The highest BCUT2D eigenvalue weighted by molar-refractivity contribution is 14.1. The molecule has 108 valence electrons. The van der Waals surface area contributed by atoms with E-state index in [4.69, 9.17) is 14.2 Å². The summed E-state index contributed by atoms with van der Waals surface area (Å²) in [6.07, 6.45) is 1.15. The third-order valence-electron chi connectivity index (χ3n) is 2.18. The number of hydrogen-bond acceptors (Lipinski definition) is 4. The number of alkyl halides is 1. The molecule has 18 heavy (non-hydrogen) atoms. The maximum absolute atomic E-state index is 10.9. The Kier molecular flexibility index (Phi) is 13.6. The fraction of sp³-hybridized carbons (Fsp3) is 0.917. The molecule has 0 saturated heterocycles. The van der Waals surface area contributed by atoms with Crippen LogP contribution in [-0.2, 0) is 19.0 Å². The number of rotatable bonds is 12. The Balaban J connectivity index is 3.09. The summed E-state index contributed by atoms with van der Waals surface area (Å²) in [5.41, 5.74) is 0. The molecule has 0 aliphatic heterocycles. The molecule has 0 fully saturated rings. The van der Waals surface area contributed by atoms with Crippen molar-refractivity contribution in [3.05, 3.63) is 0 Å². The van der Waals surface area contributed by atoms with Gasteiger partial charge in [-0.25, -0.2) is 0 Å². The topological polar surface area (TPSA) is 56.8 Å². The maximum atomic E-state index is 10.9. The molecular formula is C12H24INO4. The van der Waals surface area contributed by atoms with Gasteiger partial charge in [0.25, 0.3) is 0 Å². The van der Waals surface area contributed by atoms with Crippen LogP contribution in [0.25, 0.3) is 0 Å². The van der Waals surface area contributed by atoms with Crippen LogP contribution in [0.4, 0.5) is 0 Å². The lowest BCUT2D eigenvalue weighted by molar-refractivity contribution is -0.118. The van der Waals surface area contributed by atoms with Gasteiger partial charge in [0.15, 0.2) is 0 Å². The van der Waals surface area contributed by atoms with E-state index in [9.17, 15) is 4.79 Å². The second-order valence-corrected chi connectivity index (χ2v) is 4.53. The molecule has 0 bridgehead atoms. The first-order valence-corrected chi connectivity index (χ1v) is 7.83. The van der Waals surface area contributed by atoms with Crippen molar-refractivity contribution in [3.63, 3.8) is 0 Å². The normalized spacial score (nSPS) is 12.4. The van der Waals surface area contributed by atoms with Gasteiger partial charge < -0.3 is 19.5 Å². The van der Waals surface area contributed by atoms with Gasteiger partial charge in [-0.3, -0.25) is 4.79 Å². The molecule has 0 aromatic heterocycles. The minimum absolute atomic E-state index is 0.0420. The summed E-state index contributed by atoms with van der Waals surface area (Å²) in [5.74, 6) is 0.0420. The highest BCUT2D eigenvalue weighted by Crippen LogP contribution is 1.97. The van der Waals surface area contributed by atoms with Crippen molar-refractivity contribution in [1.29, 1.82) is 0 Å². The van der Waals surface area contributed by atoms with Crippen molar-refractivity contribution in [2.24, 2.45) is 0 Å². The van der Waals surface area contributed by atoms with Gasteiger partial charge in [0.05, 0.1) is 30.4 Å². The van der Waals surface area contributed by atoms with E-state index in [0.29, 0.717) is 37.4 Å². The average molecular weight is 373 g/mol. The van der Waals surface area contributed by atoms with Crippen LogP contribution >= 0.6 is 22.6 Å². The molecule has 1 amide bonds. The van der Waals surface area contributed by atoms with Gasteiger partial charge in [0.1, 0.15) is 0 Å². The summed E-state index contributed by atoms with van der Waals surface area (Å²) in [6, 6.07) is 0. The molecule has 0 saturated carbocycles. The first-order valence-electron chi connectivity index (χ1n) is 6.30. The predicted octanol–water partition coefficient (Wildman–Crippen LogP) is 1.39. The summed E-state index contributed by atoms with van der Waals surface area (Å²) in [5, 5.41) is 2.73. The van der Waals surface area contributed by atoms with E-state index in [1.165, 1.54) is 0 Å². The fourth-order valence-electron chi connectivity index (χ4n) is 1.25. The molecule has 0 spiro atoms. The number of carbonyl (C=O) groups is 1. The SMILES string of the molecule is CCOC(C)CCOCCOCCNC(=O)CI. The maximum Gasteiger partial charge on any atom is 0.229 e. The Morgan fingerprint density at radius 3 is 2.50 bits per heavy atom. The Hall–Kier alpha value is 0.0800. The van der Waals surface area contributed by atoms with E-state index in [2.05, 4.69) is 5.32 Å². The van der Waals surface area contributed by atoms with Crippen molar-refractivity contribution in [1.82, 2.24) is 5.32 Å². The standard InChI is InChI=1S/C12H24INO4/c1-3-18-11(2)4-6-16-8-9-17-7-5-14-12(15)10-13/h11H,3-10H2,1-2H3,(H,14,15). The zero-order chi connectivity index (χ0) is 13.6. The predicted molar refractivity (Wildman–Crippen MR) is 79.2 cm³/mol. The Bertz CT molecular complexity index is 205. The van der Waals surface area contributed by atoms with Crippen LogP contribution in [0.15, 0.2) is 0 Å². The van der Waals surface area contributed by atoms with Crippen molar-refractivity contribution in [2.45, 2.75) is 26.4 Å². The number of ether oxygens (including phenoxy) is 3. The molecule has 0 aliphatic rings. The molecule has 6 heteroatoms. The quantitative estimate of drug-likeness (QED) is 0.319. The fourth-order valence-corrected chi connectivity index (χ4v) is 1.52. The zero-order valence-electron chi connectivity index (χ0n) is 11.2. The van der Waals surface area contributed by atoms with Crippen LogP contribution in [0.2, 0.25) is 0 Å². The number of carbonyl (C=O) groups excluding carboxylic acids is 1. The second kappa shape index (κ2) is 13.5. The molecule has 1 atom stereocenters. The Morgan fingerprint density at radius 1 is 1.22 bits per heavy atom. The van der Waals surface area contributed by atoms with Crippen LogP contribution < -0.4 is 5.32 Å². The van der Waals surface area contributed by atoms with E-state index in [1.807, 2.05) is 36.4 Å². The third kappa shape index (κ3) is 12.5. The lowest BCUT2D eigenvalue weighted by Gasteiger charge is -2.11. The van der Waals surface area contributed by atoms with E-state index in [0.717, 1.165) is 13.0 Å². The van der Waals surface area contributed by atoms with Crippen LogP contribution in [0.3, 0.4) is 0 Å². The van der Waals surface area contributed by atoms with Crippen molar-refractivity contribution in [2.75, 3.05) is 44.0 Å². The van der Waals surface area contributed by atoms with Crippen molar-refractivity contribution < 1.29 is 19.0 Å². The highest BCUT2D eigenvalue weighted by atomic mass is 127. The first kappa shape index (κ1) is 18.1. The average Bonchev–Trinajstić information content (AvgIpc) is 2.36. The van der Waals surface area contributed by atoms with Crippen LogP contribution in [0.1, 0.15) is 20.3 Å². The lowest BCUT2D eigenvalue weighted by atomic mass is 10.3. The summed E-state index contributed by atoms with van der Waals surface area (Å²) in [6.45, 7) is 7.69. The van der Waals surface area contributed by atoms with Crippen LogP contribution in [0, 0.1) is 0 Å². The summed E-state index contributed by atoms with van der Waals surface area (Å²) in [4.78, 5) is 10.9. The number of nitrogens with one attached hydrogen (secondary N) is 1. The van der Waals surface area contributed by atoms with E-state index in [-0.39, 0.29) is 12.0 Å². The largest absolute Gasteiger partial charge is 0.379 e. The van der Waals surface area contributed by atoms with Gasteiger partial charge in [-0.1, -0.05) is 22.6 Å². The molecule has 0 heterocycles. The molecule has 1 unspecified atom stereocenters. The van der Waals surface area contributed by atoms with Gasteiger partial charge in [-0.05, 0) is 20.3 Å². The second-order valence-electron chi connectivity index (χ2n) is 3.76. The van der Waals surface area contributed by atoms with Crippen LogP contribution in [0.5, 0.6) is 0 Å². The number of hydrogen-bond donors (Lipinski definition) is 1. The van der Waals surface area contributed by atoms with Gasteiger partial charge in [-0.2, -0.15) is 0 Å². The van der Waals surface area contributed by atoms with Crippen molar-refractivity contribution in [3.8, 4) is 0 Å². The number of halogens is 1. The minimum atomic E-state index is 0.0420. The molecule has 5 nitrogen and oxygen atoms in total. The highest BCUT2D eigenvalue weighted by Gasteiger charge is 2.00. The summed E-state index contributed by atoms with van der Waals surface area (Å²) >= 11 is 2.02. The van der Waals surface area contributed by atoms with Crippen LogP contribution in [-0.4, -0.2) is 56.0 Å². The molecule has 0 rings (SSSR count). The van der Waals surface area contributed by atoms with E-state index in [1.54, 1.807) is 0 Å². The van der Waals surface area contributed by atoms with E-state index >= 15 is 0 Å². The molecule has 0 aromatic carbocycles. The lowest BCUT2D eigenvalue weighted by Crippen LogP contribution is -2.28. The monoisotopic (exact) mass is 373 g/mol. The number of amides is 1. The Morgan fingerprint density at radius 2 is 1.89 bits per heavy atom. The minimum Gasteiger partial charge on any atom is -0.379 e. The molecule has 0 radical (unpaired) electrons. The smallest absolute Gasteiger partial charge is 0.229 e. The molecule has 0 aliphatic carbocycles. The molecule has 0 aromatic rings.